The number of carbonyl (C=O) groups is 1. The molecular weight excluding hydrogens is 759 g/mol. The molecule has 0 fully saturated rings. The van der Waals surface area contributed by atoms with Crippen LogP contribution >= 0.6 is 0 Å². The van der Waals surface area contributed by atoms with Crippen LogP contribution in [0.5, 0.6) is 0 Å². The number of carbonyl (C=O) groups excluding carboxylic acids is 1. The van der Waals surface area contributed by atoms with Crippen LogP contribution < -0.4 is 5.32 Å². The first-order chi connectivity index (χ1) is 30.7. The number of hydrogen-bond acceptors (Lipinski definition) is 3. The molecule has 2 unspecified atom stereocenters. The highest BCUT2D eigenvalue weighted by atomic mass is 16.3. The fourth-order valence-corrected chi connectivity index (χ4v) is 8.78. The Bertz CT molecular complexity index is 943. The van der Waals surface area contributed by atoms with Gasteiger partial charge in [-0.3, -0.25) is 4.79 Å². The number of aliphatic hydroxyl groups excluding tert-OH is 2. The SMILES string of the molecule is CCCCCCCCCC/C=C\CCCCCCCCCCCCCCCCCCCCCCCC(=O)NC(CO)C(O)/C=C/CC/C=C/CCCCCCCCCCCCC. The molecule has 0 saturated heterocycles. The van der Waals surface area contributed by atoms with Crippen molar-refractivity contribution < 1.29 is 15.0 Å². The topological polar surface area (TPSA) is 69.6 Å². The first-order valence-electron chi connectivity index (χ1n) is 28.2. The maximum Gasteiger partial charge on any atom is 0.220 e. The van der Waals surface area contributed by atoms with E-state index in [2.05, 4.69) is 43.5 Å². The van der Waals surface area contributed by atoms with Crippen LogP contribution in [0.1, 0.15) is 309 Å². The van der Waals surface area contributed by atoms with E-state index in [-0.39, 0.29) is 12.5 Å². The minimum Gasteiger partial charge on any atom is -0.394 e. The first-order valence-corrected chi connectivity index (χ1v) is 28.2. The quantitative estimate of drug-likeness (QED) is 0.0421. The second kappa shape index (κ2) is 53.9. The maximum absolute atomic E-state index is 12.5. The summed E-state index contributed by atoms with van der Waals surface area (Å²) in [6.45, 7) is 4.32. The third kappa shape index (κ3) is 49.6. The van der Waals surface area contributed by atoms with Crippen LogP contribution in [-0.4, -0.2) is 34.9 Å². The molecule has 0 rings (SSSR count). The lowest BCUT2D eigenvalue weighted by Gasteiger charge is -2.19. The summed E-state index contributed by atoms with van der Waals surface area (Å²) in [5.74, 6) is -0.0686. The highest BCUT2D eigenvalue weighted by molar-refractivity contribution is 5.76. The summed E-state index contributed by atoms with van der Waals surface area (Å²) in [7, 11) is 0. The van der Waals surface area contributed by atoms with Gasteiger partial charge < -0.3 is 15.5 Å². The Morgan fingerprint density at radius 3 is 0.935 bits per heavy atom. The molecule has 0 aliphatic rings. The molecule has 0 bridgehead atoms. The van der Waals surface area contributed by atoms with E-state index in [1.165, 1.54) is 257 Å². The van der Waals surface area contributed by atoms with Crippen LogP contribution in [-0.2, 0) is 4.79 Å². The van der Waals surface area contributed by atoms with Gasteiger partial charge in [0.2, 0.25) is 5.91 Å². The molecular formula is C58H111NO3. The summed E-state index contributed by atoms with van der Waals surface area (Å²) in [6, 6.07) is -0.637. The second-order valence-electron chi connectivity index (χ2n) is 19.3. The molecule has 366 valence electrons. The first kappa shape index (κ1) is 60.6. The van der Waals surface area contributed by atoms with Crippen molar-refractivity contribution in [2.24, 2.45) is 0 Å². The molecule has 0 heterocycles. The van der Waals surface area contributed by atoms with Crippen LogP contribution in [0.3, 0.4) is 0 Å². The van der Waals surface area contributed by atoms with Gasteiger partial charge in [0.1, 0.15) is 0 Å². The molecule has 4 heteroatoms. The Kier molecular flexibility index (Phi) is 52.7. The third-order valence-corrected chi connectivity index (χ3v) is 13.1. The molecule has 0 aromatic heterocycles. The van der Waals surface area contributed by atoms with Crippen molar-refractivity contribution in [2.75, 3.05) is 6.61 Å². The molecule has 0 aliphatic carbocycles. The van der Waals surface area contributed by atoms with Crippen molar-refractivity contribution in [3.8, 4) is 0 Å². The van der Waals surface area contributed by atoms with Crippen molar-refractivity contribution in [3.63, 3.8) is 0 Å². The zero-order chi connectivity index (χ0) is 44.9. The molecule has 0 spiro atoms. The summed E-state index contributed by atoms with van der Waals surface area (Å²) in [4.78, 5) is 12.5. The number of unbranched alkanes of at least 4 members (excludes halogenated alkanes) is 41. The highest BCUT2D eigenvalue weighted by Gasteiger charge is 2.18. The normalized spacial score (nSPS) is 13.0. The summed E-state index contributed by atoms with van der Waals surface area (Å²) < 4.78 is 0. The van der Waals surface area contributed by atoms with Crippen LogP contribution in [0.4, 0.5) is 0 Å². The van der Waals surface area contributed by atoms with Gasteiger partial charge in [-0.05, 0) is 57.8 Å². The zero-order valence-corrected chi connectivity index (χ0v) is 42.2. The van der Waals surface area contributed by atoms with Crippen LogP contribution in [0.2, 0.25) is 0 Å². The Labute approximate surface area is 389 Å². The van der Waals surface area contributed by atoms with E-state index >= 15 is 0 Å². The summed E-state index contributed by atoms with van der Waals surface area (Å²) >= 11 is 0. The van der Waals surface area contributed by atoms with Crippen molar-refractivity contribution in [2.45, 2.75) is 321 Å². The molecule has 62 heavy (non-hydrogen) atoms. The van der Waals surface area contributed by atoms with Gasteiger partial charge in [0.25, 0.3) is 0 Å². The molecule has 0 aromatic rings. The Balaban J connectivity index is 3.45. The fourth-order valence-electron chi connectivity index (χ4n) is 8.78. The largest absolute Gasteiger partial charge is 0.394 e. The van der Waals surface area contributed by atoms with E-state index in [1.54, 1.807) is 6.08 Å². The van der Waals surface area contributed by atoms with Crippen LogP contribution in [0.15, 0.2) is 36.5 Å². The molecule has 2 atom stereocenters. The van der Waals surface area contributed by atoms with E-state index in [0.29, 0.717) is 6.42 Å². The van der Waals surface area contributed by atoms with Gasteiger partial charge in [-0.1, -0.05) is 281 Å². The van der Waals surface area contributed by atoms with Crippen molar-refractivity contribution in [3.05, 3.63) is 36.5 Å². The molecule has 0 radical (unpaired) electrons. The van der Waals surface area contributed by atoms with Crippen LogP contribution in [0, 0.1) is 0 Å². The molecule has 0 aromatic carbocycles. The summed E-state index contributed by atoms with van der Waals surface area (Å²) in [5, 5.41) is 23.1. The van der Waals surface area contributed by atoms with E-state index in [1.807, 2.05) is 6.08 Å². The zero-order valence-electron chi connectivity index (χ0n) is 42.2. The van der Waals surface area contributed by atoms with Gasteiger partial charge in [-0.15, -0.1) is 0 Å². The number of allylic oxidation sites excluding steroid dienone is 5. The lowest BCUT2D eigenvalue weighted by molar-refractivity contribution is -0.123. The van der Waals surface area contributed by atoms with E-state index in [0.717, 1.165) is 32.1 Å². The van der Waals surface area contributed by atoms with Crippen molar-refractivity contribution in [1.29, 1.82) is 0 Å². The predicted molar refractivity (Wildman–Crippen MR) is 276 cm³/mol. The summed E-state index contributed by atoms with van der Waals surface area (Å²) in [5.41, 5.74) is 0. The predicted octanol–water partition coefficient (Wildman–Crippen LogP) is 18.5. The van der Waals surface area contributed by atoms with E-state index < -0.39 is 12.1 Å². The van der Waals surface area contributed by atoms with E-state index in [9.17, 15) is 15.0 Å². The van der Waals surface area contributed by atoms with Gasteiger partial charge in [0, 0.05) is 6.42 Å². The Morgan fingerprint density at radius 2 is 0.629 bits per heavy atom. The number of nitrogens with one attached hydrogen (secondary N) is 1. The fraction of sp³-hybridized carbons (Fsp3) is 0.879. The summed E-state index contributed by atoms with van der Waals surface area (Å²) in [6.07, 6.45) is 73.2. The van der Waals surface area contributed by atoms with Crippen molar-refractivity contribution >= 4 is 5.91 Å². The van der Waals surface area contributed by atoms with E-state index in [4.69, 9.17) is 0 Å². The monoisotopic (exact) mass is 870 g/mol. The lowest BCUT2D eigenvalue weighted by Crippen LogP contribution is -2.45. The van der Waals surface area contributed by atoms with Gasteiger partial charge >= 0.3 is 0 Å². The lowest BCUT2D eigenvalue weighted by atomic mass is 10.0. The minimum atomic E-state index is -0.860. The second-order valence-corrected chi connectivity index (χ2v) is 19.3. The molecule has 3 N–H and O–H groups in total. The smallest absolute Gasteiger partial charge is 0.220 e. The Morgan fingerprint density at radius 1 is 0.371 bits per heavy atom. The molecule has 1 amide bonds. The standard InChI is InChI=1S/C58H111NO3/c1-3-5-7-9-11-13-15-17-19-21-22-23-24-25-26-27-28-29-30-31-32-33-34-35-36-38-40-42-44-46-48-50-52-54-58(62)59-56(55-60)57(61)53-51-49-47-45-43-41-39-37-20-18-16-14-12-10-8-6-4-2/h21-22,43,45,51,53,56-57,60-61H,3-20,23-42,44,46-50,52,54-55H2,1-2H3,(H,59,62)/b22-21-,45-43+,53-51+. The van der Waals surface area contributed by atoms with Gasteiger partial charge in [0.15, 0.2) is 0 Å². The number of hydrogen-bond donors (Lipinski definition) is 3. The van der Waals surface area contributed by atoms with Crippen LogP contribution in [0.25, 0.3) is 0 Å². The number of rotatable bonds is 52. The number of amides is 1. The minimum absolute atomic E-state index is 0.0686. The average Bonchev–Trinajstić information content (AvgIpc) is 3.28. The van der Waals surface area contributed by atoms with Crippen molar-refractivity contribution in [1.82, 2.24) is 5.32 Å². The average molecular weight is 871 g/mol. The number of aliphatic hydroxyl groups is 2. The van der Waals surface area contributed by atoms with Gasteiger partial charge in [0.05, 0.1) is 18.8 Å². The van der Waals surface area contributed by atoms with Gasteiger partial charge in [-0.25, -0.2) is 0 Å². The molecule has 4 nitrogen and oxygen atoms in total. The molecule has 0 saturated carbocycles. The van der Waals surface area contributed by atoms with Gasteiger partial charge in [-0.2, -0.15) is 0 Å². The maximum atomic E-state index is 12.5. The molecule has 0 aliphatic heterocycles. The third-order valence-electron chi connectivity index (χ3n) is 13.1. The highest BCUT2D eigenvalue weighted by Crippen LogP contribution is 2.17. The Hall–Kier alpha value is -1.39.